The molecule has 90 valence electrons. The maximum absolute atomic E-state index is 5.08. The first-order chi connectivity index (χ1) is 8.33. The van der Waals surface area contributed by atoms with E-state index in [9.17, 15) is 0 Å². The number of ether oxygens (including phenoxy) is 1. The third-order valence-corrected chi connectivity index (χ3v) is 2.62. The highest BCUT2D eigenvalue weighted by Crippen LogP contribution is 2.18. The smallest absolute Gasteiger partial charge is 0.216 e. The number of methoxy groups -OCH3 is 1. The van der Waals surface area contributed by atoms with Gasteiger partial charge in [-0.25, -0.2) is 9.97 Å². The summed E-state index contributed by atoms with van der Waals surface area (Å²) in [6.45, 7) is 0. The minimum Gasteiger partial charge on any atom is -0.481 e. The molecule has 0 saturated heterocycles. The number of aromatic nitrogens is 2. The van der Waals surface area contributed by atoms with E-state index in [0.29, 0.717) is 5.88 Å². The Labute approximate surface area is 99.8 Å². The van der Waals surface area contributed by atoms with Gasteiger partial charge in [0, 0.05) is 29.8 Å². The Bertz CT molecular complexity index is 457. The molecule has 0 aliphatic carbocycles. The summed E-state index contributed by atoms with van der Waals surface area (Å²) in [7, 11) is 3.51. The van der Waals surface area contributed by atoms with Gasteiger partial charge in [0.1, 0.15) is 6.33 Å². The second-order valence-corrected chi connectivity index (χ2v) is 3.65. The van der Waals surface area contributed by atoms with Crippen molar-refractivity contribution in [3.63, 3.8) is 0 Å². The highest BCUT2D eigenvalue weighted by molar-refractivity contribution is 5.18. The summed E-state index contributed by atoms with van der Waals surface area (Å²) < 4.78 is 10.2. The van der Waals surface area contributed by atoms with Crippen molar-refractivity contribution in [2.24, 2.45) is 0 Å². The van der Waals surface area contributed by atoms with Crippen molar-refractivity contribution in [2.45, 2.75) is 12.5 Å². The van der Waals surface area contributed by atoms with E-state index < -0.39 is 0 Å². The van der Waals surface area contributed by atoms with Crippen molar-refractivity contribution in [1.82, 2.24) is 15.3 Å². The van der Waals surface area contributed by atoms with E-state index in [0.717, 1.165) is 17.7 Å². The van der Waals surface area contributed by atoms with Gasteiger partial charge in [0.15, 0.2) is 0 Å². The molecule has 0 amide bonds. The molecule has 0 spiro atoms. The SMILES string of the molecule is CNC(Cc1cc(OC)ncn1)c1ccoc1. The van der Waals surface area contributed by atoms with Gasteiger partial charge < -0.3 is 14.5 Å². The van der Waals surface area contributed by atoms with Gasteiger partial charge in [-0.3, -0.25) is 0 Å². The largest absolute Gasteiger partial charge is 0.481 e. The van der Waals surface area contributed by atoms with Crippen LogP contribution in [0.3, 0.4) is 0 Å². The van der Waals surface area contributed by atoms with Crippen LogP contribution in [0.2, 0.25) is 0 Å². The number of nitrogens with zero attached hydrogens (tertiary/aromatic N) is 2. The molecule has 1 N–H and O–H groups in total. The van der Waals surface area contributed by atoms with Crippen LogP contribution in [0, 0.1) is 0 Å². The maximum atomic E-state index is 5.08. The molecular weight excluding hydrogens is 218 g/mol. The summed E-state index contributed by atoms with van der Waals surface area (Å²) in [5, 5.41) is 3.23. The van der Waals surface area contributed by atoms with Crippen LogP contribution in [0.25, 0.3) is 0 Å². The molecule has 2 rings (SSSR count). The normalized spacial score (nSPS) is 12.4. The first kappa shape index (κ1) is 11.6. The zero-order valence-corrected chi connectivity index (χ0v) is 9.88. The number of hydrogen-bond acceptors (Lipinski definition) is 5. The molecule has 5 nitrogen and oxygen atoms in total. The molecule has 2 aromatic heterocycles. The predicted molar refractivity (Wildman–Crippen MR) is 62.8 cm³/mol. The van der Waals surface area contributed by atoms with Gasteiger partial charge in [-0.2, -0.15) is 0 Å². The van der Waals surface area contributed by atoms with Gasteiger partial charge in [0.25, 0.3) is 0 Å². The second-order valence-electron chi connectivity index (χ2n) is 3.65. The van der Waals surface area contributed by atoms with Crippen molar-refractivity contribution >= 4 is 0 Å². The van der Waals surface area contributed by atoms with Gasteiger partial charge in [0.2, 0.25) is 5.88 Å². The molecule has 0 saturated carbocycles. The molecule has 5 heteroatoms. The average Bonchev–Trinajstić information content (AvgIpc) is 2.90. The van der Waals surface area contributed by atoms with Crippen molar-refractivity contribution in [1.29, 1.82) is 0 Å². The molecule has 0 fully saturated rings. The standard InChI is InChI=1S/C12H15N3O2/c1-13-11(9-3-4-17-7-9)5-10-6-12(16-2)15-8-14-10/h3-4,6-8,11,13H,5H2,1-2H3. The second kappa shape index (κ2) is 5.45. The predicted octanol–water partition coefficient (Wildman–Crippen LogP) is 1.58. The maximum Gasteiger partial charge on any atom is 0.216 e. The first-order valence-electron chi connectivity index (χ1n) is 5.37. The molecule has 1 unspecified atom stereocenters. The highest BCUT2D eigenvalue weighted by atomic mass is 16.5. The lowest BCUT2D eigenvalue weighted by molar-refractivity contribution is 0.395. The minimum atomic E-state index is 0.174. The number of rotatable bonds is 5. The van der Waals surface area contributed by atoms with Gasteiger partial charge in [-0.05, 0) is 13.1 Å². The third-order valence-electron chi connectivity index (χ3n) is 2.62. The molecular formula is C12H15N3O2. The Kier molecular flexibility index (Phi) is 3.72. The quantitative estimate of drug-likeness (QED) is 0.849. The number of nitrogens with one attached hydrogen (secondary N) is 1. The molecule has 0 radical (unpaired) electrons. The Morgan fingerprint density at radius 3 is 3.00 bits per heavy atom. The van der Waals surface area contributed by atoms with Crippen LogP contribution in [0.4, 0.5) is 0 Å². The Morgan fingerprint density at radius 1 is 1.47 bits per heavy atom. The van der Waals surface area contributed by atoms with E-state index in [-0.39, 0.29) is 6.04 Å². The number of hydrogen-bond donors (Lipinski definition) is 1. The van der Waals surface area contributed by atoms with E-state index in [1.807, 2.05) is 19.2 Å². The van der Waals surface area contributed by atoms with Crippen molar-refractivity contribution < 1.29 is 9.15 Å². The zero-order chi connectivity index (χ0) is 12.1. The van der Waals surface area contributed by atoms with Crippen LogP contribution in [0.1, 0.15) is 17.3 Å². The lowest BCUT2D eigenvalue weighted by Crippen LogP contribution is -2.18. The summed E-state index contributed by atoms with van der Waals surface area (Å²) in [4.78, 5) is 8.20. The fraction of sp³-hybridized carbons (Fsp3) is 0.333. The van der Waals surface area contributed by atoms with Crippen LogP contribution in [0.15, 0.2) is 35.4 Å². The van der Waals surface area contributed by atoms with Crippen molar-refractivity contribution in [3.8, 4) is 5.88 Å². The highest BCUT2D eigenvalue weighted by Gasteiger charge is 2.12. The van der Waals surface area contributed by atoms with Gasteiger partial charge in [-0.1, -0.05) is 0 Å². The van der Waals surface area contributed by atoms with Crippen LogP contribution >= 0.6 is 0 Å². The molecule has 0 aliphatic heterocycles. The molecule has 2 heterocycles. The number of furan rings is 1. The van der Waals surface area contributed by atoms with Crippen LogP contribution in [0.5, 0.6) is 5.88 Å². The Morgan fingerprint density at radius 2 is 2.35 bits per heavy atom. The van der Waals surface area contributed by atoms with Gasteiger partial charge in [-0.15, -0.1) is 0 Å². The molecule has 0 aliphatic rings. The minimum absolute atomic E-state index is 0.174. The Hall–Kier alpha value is -1.88. The summed E-state index contributed by atoms with van der Waals surface area (Å²) >= 11 is 0. The Balaban J connectivity index is 2.13. The van der Waals surface area contributed by atoms with E-state index in [4.69, 9.17) is 9.15 Å². The monoisotopic (exact) mass is 233 g/mol. The number of likely N-dealkylation sites (N-methyl/N-ethyl adjacent to an activating group) is 1. The van der Waals surface area contributed by atoms with Crippen molar-refractivity contribution in [3.05, 3.63) is 42.2 Å². The van der Waals surface area contributed by atoms with E-state index >= 15 is 0 Å². The molecule has 0 bridgehead atoms. The molecule has 17 heavy (non-hydrogen) atoms. The summed E-state index contributed by atoms with van der Waals surface area (Å²) in [6, 6.07) is 3.96. The van der Waals surface area contributed by atoms with Gasteiger partial charge >= 0.3 is 0 Å². The first-order valence-corrected chi connectivity index (χ1v) is 5.37. The van der Waals surface area contributed by atoms with Crippen LogP contribution in [-0.2, 0) is 6.42 Å². The van der Waals surface area contributed by atoms with Crippen LogP contribution < -0.4 is 10.1 Å². The lowest BCUT2D eigenvalue weighted by atomic mass is 10.1. The van der Waals surface area contributed by atoms with Crippen LogP contribution in [-0.4, -0.2) is 24.1 Å². The summed E-state index contributed by atoms with van der Waals surface area (Å²) in [5.74, 6) is 0.581. The molecule has 2 aromatic rings. The fourth-order valence-electron chi connectivity index (χ4n) is 1.67. The fourth-order valence-corrected chi connectivity index (χ4v) is 1.67. The molecule has 0 aromatic carbocycles. The third kappa shape index (κ3) is 2.82. The van der Waals surface area contributed by atoms with E-state index in [2.05, 4.69) is 15.3 Å². The lowest BCUT2D eigenvalue weighted by Gasteiger charge is -2.13. The molecule has 1 atom stereocenters. The zero-order valence-electron chi connectivity index (χ0n) is 9.88. The average molecular weight is 233 g/mol. The van der Waals surface area contributed by atoms with E-state index in [1.165, 1.54) is 6.33 Å². The van der Waals surface area contributed by atoms with E-state index in [1.54, 1.807) is 19.6 Å². The van der Waals surface area contributed by atoms with Gasteiger partial charge in [0.05, 0.1) is 19.6 Å². The summed E-state index contributed by atoms with van der Waals surface area (Å²) in [5.41, 5.74) is 2.03. The van der Waals surface area contributed by atoms with Crippen molar-refractivity contribution in [2.75, 3.05) is 14.2 Å². The topological polar surface area (TPSA) is 60.2 Å². The summed E-state index contributed by atoms with van der Waals surface area (Å²) in [6.07, 6.45) is 5.67.